The van der Waals surface area contributed by atoms with Crippen LogP contribution in [0.25, 0.3) is 11.2 Å². The molecule has 0 bridgehead atoms. The summed E-state index contributed by atoms with van der Waals surface area (Å²) in [5, 5.41) is 11.8. The first-order valence-electron chi connectivity index (χ1n) is 5.52. The van der Waals surface area contributed by atoms with Crippen molar-refractivity contribution >= 4 is 16.9 Å². The van der Waals surface area contributed by atoms with E-state index in [-0.39, 0.29) is 16.9 Å². The fraction of sp³-hybridized carbons (Fsp3) is 0.364. The highest BCUT2D eigenvalue weighted by Gasteiger charge is 2.15. The average Bonchev–Trinajstić information content (AvgIpc) is 2.41. The minimum atomic E-state index is -0.530. The lowest BCUT2D eigenvalue weighted by Gasteiger charge is -2.09. The second kappa shape index (κ2) is 4.30. The summed E-state index contributed by atoms with van der Waals surface area (Å²) in [6, 6.07) is 0. The first-order chi connectivity index (χ1) is 8.88. The maximum Gasteiger partial charge on any atom is 0.332 e. The maximum absolute atomic E-state index is 12.0. The summed E-state index contributed by atoms with van der Waals surface area (Å²) in [4.78, 5) is 32.2. The molecule has 0 aliphatic heterocycles. The van der Waals surface area contributed by atoms with Crippen molar-refractivity contribution in [1.82, 2.24) is 19.1 Å². The van der Waals surface area contributed by atoms with E-state index >= 15 is 0 Å². The van der Waals surface area contributed by atoms with E-state index in [1.807, 2.05) is 0 Å². The van der Waals surface area contributed by atoms with Gasteiger partial charge in [-0.05, 0) is 13.8 Å². The van der Waals surface area contributed by atoms with Crippen molar-refractivity contribution in [3.63, 3.8) is 0 Å². The molecular formula is C11H13N5O3. The lowest BCUT2D eigenvalue weighted by molar-refractivity contribution is 0.319. The van der Waals surface area contributed by atoms with E-state index in [4.69, 9.17) is 5.21 Å². The molecule has 8 nitrogen and oxygen atoms in total. The van der Waals surface area contributed by atoms with Crippen LogP contribution in [-0.4, -0.2) is 30.0 Å². The smallest absolute Gasteiger partial charge is 0.332 e. The summed E-state index contributed by atoms with van der Waals surface area (Å²) in [6.07, 6.45) is 0. The Morgan fingerprint density at radius 3 is 2.42 bits per heavy atom. The van der Waals surface area contributed by atoms with E-state index < -0.39 is 11.2 Å². The molecular weight excluding hydrogens is 250 g/mol. The molecule has 19 heavy (non-hydrogen) atoms. The van der Waals surface area contributed by atoms with Crippen LogP contribution in [0.3, 0.4) is 0 Å². The largest absolute Gasteiger partial charge is 0.411 e. The Morgan fingerprint density at radius 1 is 1.21 bits per heavy atom. The number of fused-ring (bicyclic) bond motifs is 1. The maximum atomic E-state index is 12.0. The number of hydrogen-bond donors (Lipinski definition) is 1. The van der Waals surface area contributed by atoms with Crippen molar-refractivity contribution in [3.05, 3.63) is 32.2 Å². The number of oxime groups is 1. The van der Waals surface area contributed by atoms with Gasteiger partial charge in [0.1, 0.15) is 11.4 Å². The summed E-state index contributed by atoms with van der Waals surface area (Å²) in [5.41, 5.74) is 0.331. The summed E-state index contributed by atoms with van der Waals surface area (Å²) in [5.74, 6) is 0. The van der Waals surface area contributed by atoms with Crippen LogP contribution in [-0.2, 0) is 14.1 Å². The van der Waals surface area contributed by atoms with E-state index in [1.54, 1.807) is 13.8 Å². The highest BCUT2D eigenvalue weighted by molar-refractivity contribution is 5.98. The van der Waals surface area contributed by atoms with Gasteiger partial charge < -0.3 is 5.21 Å². The van der Waals surface area contributed by atoms with Crippen LogP contribution in [0.2, 0.25) is 0 Å². The van der Waals surface area contributed by atoms with Gasteiger partial charge in [0.2, 0.25) is 0 Å². The highest BCUT2D eigenvalue weighted by atomic mass is 16.4. The molecule has 100 valence electrons. The number of hydrogen-bond acceptors (Lipinski definition) is 6. The van der Waals surface area contributed by atoms with Gasteiger partial charge in [0.15, 0.2) is 11.2 Å². The fourth-order valence-corrected chi connectivity index (χ4v) is 1.84. The minimum Gasteiger partial charge on any atom is -0.411 e. The van der Waals surface area contributed by atoms with Crippen molar-refractivity contribution in [3.8, 4) is 0 Å². The molecule has 8 heteroatoms. The monoisotopic (exact) mass is 263 g/mol. The van der Waals surface area contributed by atoms with Crippen LogP contribution in [0.4, 0.5) is 0 Å². The zero-order valence-electron chi connectivity index (χ0n) is 11.0. The Morgan fingerprint density at radius 2 is 1.84 bits per heavy atom. The van der Waals surface area contributed by atoms with Gasteiger partial charge in [-0.2, -0.15) is 0 Å². The fourth-order valence-electron chi connectivity index (χ4n) is 1.84. The van der Waals surface area contributed by atoms with Gasteiger partial charge in [-0.25, -0.2) is 14.8 Å². The molecule has 0 radical (unpaired) electrons. The van der Waals surface area contributed by atoms with Gasteiger partial charge in [-0.15, -0.1) is 0 Å². The zero-order valence-corrected chi connectivity index (χ0v) is 11.0. The molecule has 2 heterocycles. The van der Waals surface area contributed by atoms with Gasteiger partial charge in [-0.3, -0.25) is 13.9 Å². The Kier molecular flexibility index (Phi) is 2.93. The molecule has 2 rings (SSSR count). The number of rotatable bonds is 1. The molecule has 2 aromatic rings. The first kappa shape index (κ1) is 12.9. The highest BCUT2D eigenvalue weighted by Crippen LogP contribution is 2.08. The van der Waals surface area contributed by atoms with E-state index in [0.717, 1.165) is 4.57 Å². The van der Waals surface area contributed by atoms with E-state index in [1.165, 1.54) is 18.7 Å². The first-order valence-corrected chi connectivity index (χ1v) is 5.52. The summed E-state index contributed by atoms with van der Waals surface area (Å²) < 4.78 is 2.22. The van der Waals surface area contributed by atoms with Gasteiger partial charge >= 0.3 is 5.69 Å². The Bertz CT molecular complexity index is 816. The molecule has 0 saturated carbocycles. The molecule has 1 N–H and O–H groups in total. The van der Waals surface area contributed by atoms with Gasteiger partial charge in [0.05, 0.1) is 5.69 Å². The van der Waals surface area contributed by atoms with Crippen molar-refractivity contribution in [2.75, 3.05) is 0 Å². The van der Waals surface area contributed by atoms with Crippen molar-refractivity contribution in [2.24, 2.45) is 19.3 Å². The van der Waals surface area contributed by atoms with Gasteiger partial charge in [-0.1, -0.05) is 5.16 Å². The third kappa shape index (κ3) is 1.81. The topological polar surface area (TPSA) is 102 Å². The van der Waals surface area contributed by atoms with Crippen LogP contribution in [0.5, 0.6) is 0 Å². The van der Waals surface area contributed by atoms with E-state index in [0.29, 0.717) is 11.4 Å². The molecule has 0 saturated heterocycles. The Labute approximate surface area is 107 Å². The van der Waals surface area contributed by atoms with Crippen molar-refractivity contribution in [2.45, 2.75) is 13.8 Å². The molecule has 0 amide bonds. The number of aromatic nitrogens is 4. The Balaban J connectivity index is 3.04. The third-order valence-corrected chi connectivity index (χ3v) is 2.94. The quantitative estimate of drug-likeness (QED) is 0.426. The molecule has 0 aliphatic rings. The zero-order chi connectivity index (χ0) is 14.3. The summed E-state index contributed by atoms with van der Waals surface area (Å²) in [7, 11) is 2.89. The van der Waals surface area contributed by atoms with Crippen molar-refractivity contribution < 1.29 is 5.21 Å². The molecule has 2 aromatic heterocycles. The van der Waals surface area contributed by atoms with Gasteiger partial charge in [0, 0.05) is 14.1 Å². The molecule has 0 spiro atoms. The van der Waals surface area contributed by atoms with Crippen LogP contribution < -0.4 is 11.2 Å². The predicted octanol–water partition coefficient (Wildman–Crippen LogP) is -0.466. The summed E-state index contributed by atoms with van der Waals surface area (Å²) >= 11 is 0. The normalized spacial score (nSPS) is 12.1. The Hall–Kier alpha value is -2.51. The van der Waals surface area contributed by atoms with Gasteiger partial charge in [0.25, 0.3) is 5.56 Å². The minimum absolute atomic E-state index is 0.0631. The molecule has 0 aliphatic carbocycles. The number of nitrogens with zero attached hydrogens (tertiary/aromatic N) is 5. The second-order valence-electron chi connectivity index (χ2n) is 4.22. The predicted molar refractivity (Wildman–Crippen MR) is 68.8 cm³/mol. The SMILES string of the molecule is C/C(=N\O)c1nc2c(=O)n(C)c(=O)n(C)c2nc1C. The van der Waals surface area contributed by atoms with Crippen LogP contribution in [0, 0.1) is 6.92 Å². The lowest BCUT2D eigenvalue weighted by Crippen LogP contribution is -2.38. The molecule has 0 unspecified atom stereocenters. The van der Waals surface area contributed by atoms with E-state index in [2.05, 4.69) is 15.1 Å². The molecule has 0 aromatic carbocycles. The van der Waals surface area contributed by atoms with Crippen LogP contribution in [0.15, 0.2) is 14.7 Å². The number of aryl methyl sites for hydroxylation is 2. The standard InChI is InChI=1S/C11H13N5O3/c1-5-7(6(2)14-19)13-8-9(12-5)15(3)11(18)16(4)10(8)17/h19H,1-4H3/b14-6+. The third-order valence-electron chi connectivity index (χ3n) is 2.94. The van der Waals surface area contributed by atoms with Crippen LogP contribution >= 0.6 is 0 Å². The molecule has 0 atom stereocenters. The second-order valence-corrected chi connectivity index (χ2v) is 4.22. The summed E-state index contributed by atoms with van der Waals surface area (Å²) in [6.45, 7) is 3.22. The average molecular weight is 263 g/mol. The lowest BCUT2D eigenvalue weighted by atomic mass is 10.2. The van der Waals surface area contributed by atoms with Crippen molar-refractivity contribution in [1.29, 1.82) is 0 Å². The van der Waals surface area contributed by atoms with E-state index in [9.17, 15) is 9.59 Å². The molecule has 0 fully saturated rings. The van der Waals surface area contributed by atoms with Crippen LogP contribution in [0.1, 0.15) is 18.3 Å².